The third-order valence-corrected chi connectivity index (χ3v) is 3.74. The van der Waals surface area contributed by atoms with Crippen molar-refractivity contribution in [2.45, 2.75) is 32.7 Å². The monoisotopic (exact) mass is 286 g/mol. The number of rotatable bonds is 6. The topological polar surface area (TPSA) is 29.3 Å². The van der Waals surface area contributed by atoms with Gasteiger partial charge in [0.1, 0.15) is 5.82 Å². The Balaban J connectivity index is 2.35. The van der Waals surface area contributed by atoms with Gasteiger partial charge in [-0.2, -0.15) is 0 Å². The number of anilines is 2. The van der Waals surface area contributed by atoms with Crippen LogP contribution in [0.2, 0.25) is 0 Å². The minimum Gasteiger partial charge on any atom is -0.342 e. The molecule has 2 rings (SSSR count). The largest absolute Gasteiger partial charge is 0.342 e. The predicted octanol–water partition coefficient (Wildman–Crippen LogP) is 4.26. The molecule has 0 saturated carbocycles. The van der Waals surface area contributed by atoms with Gasteiger partial charge >= 0.3 is 0 Å². The maximum absolute atomic E-state index is 13.1. The van der Waals surface area contributed by atoms with Gasteiger partial charge in [-0.25, -0.2) is 4.39 Å². The summed E-state index contributed by atoms with van der Waals surface area (Å²) in [6, 6.07) is 15.1. The zero-order chi connectivity index (χ0) is 15.2. The molecule has 1 unspecified atom stereocenters. The lowest BCUT2D eigenvalue weighted by Crippen LogP contribution is -2.24. The van der Waals surface area contributed by atoms with Crippen molar-refractivity contribution in [2.75, 3.05) is 11.4 Å². The van der Waals surface area contributed by atoms with Crippen molar-refractivity contribution in [3.05, 3.63) is 59.9 Å². The lowest BCUT2D eigenvalue weighted by atomic mass is 10.0. The summed E-state index contributed by atoms with van der Waals surface area (Å²) in [6.07, 6.45) is 1.81. The molecule has 21 heavy (non-hydrogen) atoms. The van der Waals surface area contributed by atoms with Crippen LogP contribution >= 0.6 is 0 Å². The maximum Gasteiger partial charge on any atom is 0.123 e. The van der Waals surface area contributed by atoms with Crippen LogP contribution in [-0.4, -0.2) is 12.6 Å². The molecule has 2 aromatic carbocycles. The SMILES string of the molecule is CCC(N)Cc1ccccc1N(CC)c1ccc(F)cc1. The highest BCUT2D eigenvalue weighted by atomic mass is 19.1. The lowest BCUT2D eigenvalue weighted by molar-refractivity contribution is 0.627. The molecule has 0 aliphatic carbocycles. The van der Waals surface area contributed by atoms with E-state index in [2.05, 4.69) is 30.9 Å². The first-order valence-corrected chi connectivity index (χ1v) is 7.52. The van der Waals surface area contributed by atoms with Crippen LogP contribution in [0.5, 0.6) is 0 Å². The molecular formula is C18H23FN2. The Morgan fingerprint density at radius 2 is 1.71 bits per heavy atom. The summed E-state index contributed by atoms with van der Waals surface area (Å²) >= 11 is 0. The Morgan fingerprint density at radius 3 is 2.33 bits per heavy atom. The molecule has 112 valence electrons. The van der Waals surface area contributed by atoms with E-state index < -0.39 is 0 Å². The average Bonchev–Trinajstić information content (AvgIpc) is 2.51. The molecule has 2 nitrogen and oxygen atoms in total. The quantitative estimate of drug-likeness (QED) is 0.859. The summed E-state index contributed by atoms with van der Waals surface area (Å²) in [6.45, 7) is 5.02. The Morgan fingerprint density at radius 1 is 1.05 bits per heavy atom. The van der Waals surface area contributed by atoms with Crippen molar-refractivity contribution in [1.82, 2.24) is 0 Å². The van der Waals surface area contributed by atoms with E-state index in [1.807, 2.05) is 24.3 Å². The molecule has 3 heteroatoms. The zero-order valence-electron chi connectivity index (χ0n) is 12.7. The molecule has 0 bridgehead atoms. The van der Waals surface area contributed by atoms with Gasteiger partial charge in [-0.1, -0.05) is 25.1 Å². The van der Waals surface area contributed by atoms with E-state index in [1.54, 1.807) is 0 Å². The Hall–Kier alpha value is -1.87. The molecule has 0 aliphatic rings. The second kappa shape index (κ2) is 7.23. The van der Waals surface area contributed by atoms with Crippen LogP contribution in [0, 0.1) is 5.82 Å². The van der Waals surface area contributed by atoms with Crippen LogP contribution in [0.3, 0.4) is 0 Å². The van der Waals surface area contributed by atoms with Gasteiger partial charge in [0.25, 0.3) is 0 Å². The third kappa shape index (κ3) is 3.82. The van der Waals surface area contributed by atoms with Gasteiger partial charge in [0, 0.05) is 24.0 Å². The standard InChI is InChI=1S/C18H23FN2/c1-3-16(20)13-14-7-5-6-8-18(14)21(4-2)17-11-9-15(19)10-12-17/h5-12,16H,3-4,13,20H2,1-2H3. The Bertz CT molecular complexity index is 566. The maximum atomic E-state index is 13.1. The molecule has 0 fully saturated rings. The molecule has 1 atom stereocenters. The highest BCUT2D eigenvalue weighted by Gasteiger charge is 2.13. The fourth-order valence-corrected chi connectivity index (χ4v) is 2.49. The van der Waals surface area contributed by atoms with Crippen molar-refractivity contribution in [3.63, 3.8) is 0 Å². The van der Waals surface area contributed by atoms with Crippen LogP contribution in [0.1, 0.15) is 25.8 Å². The number of hydrogen-bond acceptors (Lipinski definition) is 2. The van der Waals surface area contributed by atoms with Crippen molar-refractivity contribution in [1.29, 1.82) is 0 Å². The Labute approximate surface area is 126 Å². The minimum atomic E-state index is -0.212. The van der Waals surface area contributed by atoms with E-state index in [0.717, 1.165) is 30.8 Å². The van der Waals surface area contributed by atoms with Gasteiger partial charge in [0.15, 0.2) is 0 Å². The molecule has 0 radical (unpaired) electrons. The number of nitrogens with zero attached hydrogens (tertiary/aromatic N) is 1. The van der Waals surface area contributed by atoms with E-state index in [-0.39, 0.29) is 11.9 Å². The summed E-state index contributed by atoms with van der Waals surface area (Å²) in [7, 11) is 0. The molecule has 0 aromatic heterocycles. The second-order valence-corrected chi connectivity index (χ2v) is 5.22. The third-order valence-electron chi connectivity index (χ3n) is 3.74. The smallest absolute Gasteiger partial charge is 0.123 e. The van der Waals surface area contributed by atoms with Crippen LogP contribution in [-0.2, 0) is 6.42 Å². The molecule has 2 aromatic rings. The van der Waals surface area contributed by atoms with E-state index in [4.69, 9.17) is 5.73 Å². The van der Waals surface area contributed by atoms with Gasteiger partial charge < -0.3 is 10.6 Å². The number of halogens is 1. The van der Waals surface area contributed by atoms with Crippen LogP contribution in [0.15, 0.2) is 48.5 Å². The second-order valence-electron chi connectivity index (χ2n) is 5.22. The molecular weight excluding hydrogens is 263 g/mol. The predicted molar refractivity (Wildman–Crippen MR) is 87.5 cm³/mol. The van der Waals surface area contributed by atoms with Gasteiger partial charge in [-0.3, -0.25) is 0 Å². The van der Waals surface area contributed by atoms with Crippen LogP contribution in [0.25, 0.3) is 0 Å². The van der Waals surface area contributed by atoms with E-state index in [1.165, 1.54) is 17.7 Å². The molecule has 0 amide bonds. The van der Waals surface area contributed by atoms with E-state index in [9.17, 15) is 4.39 Å². The number of para-hydroxylation sites is 1. The summed E-state index contributed by atoms with van der Waals surface area (Å²) < 4.78 is 13.1. The van der Waals surface area contributed by atoms with E-state index in [0.29, 0.717) is 0 Å². The fourth-order valence-electron chi connectivity index (χ4n) is 2.49. The van der Waals surface area contributed by atoms with Gasteiger partial charge in [-0.15, -0.1) is 0 Å². The lowest BCUT2D eigenvalue weighted by Gasteiger charge is -2.26. The number of hydrogen-bond donors (Lipinski definition) is 1. The van der Waals surface area contributed by atoms with Gasteiger partial charge in [-0.05, 0) is 55.7 Å². The van der Waals surface area contributed by atoms with Crippen LogP contribution < -0.4 is 10.6 Å². The zero-order valence-corrected chi connectivity index (χ0v) is 12.7. The first kappa shape index (κ1) is 15.5. The first-order valence-electron chi connectivity index (χ1n) is 7.52. The number of benzene rings is 2. The molecule has 0 saturated heterocycles. The molecule has 0 aliphatic heterocycles. The normalized spacial score (nSPS) is 12.2. The van der Waals surface area contributed by atoms with Crippen molar-refractivity contribution < 1.29 is 4.39 Å². The summed E-state index contributed by atoms with van der Waals surface area (Å²) in [4.78, 5) is 2.19. The van der Waals surface area contributed by atoms with Crippen molar-refractivity contribution >= 4 is 11.4 Å². The van der Waals surface area contributed by atoms with Crippen molar-refractivity contribution in [3.8, 4) is 0 Å². The summed E-state index contributed by atoms with van der Waals surface area (Å²) in [5.74, 6) is -0.212. The number of nitrogens with two attached hydrogens (primary N) is 1. The van der Waals surface area contributed by atoms with Crippen molar-refractivity contribution in [2.24, 2.45) is 5.73 Å². The molecule has 0 spiro atoms. The highest BCUT2D eigenvalue weighted by molar-refractivity contribution is 5.66. The first-order chi connectivity index (χ1) is 10.2. The van der Waals surface area contributed by atoms with Gasteiger partial charge in [0.2, 0.25) is 0 Å². The molecule has 0 heterocycles. The molecule has 2 N–H and O–H groups in total. The highest BCUT2D eigenvalue weighted by Crippen LogP contribution is 2.29. The Kier molecular flexibility index (Phi) is 5.34. The summed E-state index contributed by atoms with van der Waals surface area (Å²) in [5, 5.41) is 0. The minimum absolute atomic E-state index is 0.165. The van der Waals surface area contributed by atoms with Crippen LogP contribution in [0.4, 0.5) is 15.8 Å². The average molecular weight is 286 g/mol. The summed E-state index contributed by atoms with van der Waals surface area (Å²) in [5.41, 5.74) is 9.49. The van der Waals surface area contributed by atoms with E-state index >= 15 is 0 Å². The fraction of sp³-hybridized carbons (Fsp3) is 0.333. The van der Waals surface area contributed by atoms with Gasteiger partial charge in [0.05, 0.1) is 0 Å².